The summed E-state index contributed by atoms with van der Waals surface area (Å²) in [5, 5.41) is 11.8. The van der Waals surface area contributed by atoms with Crippen LogP contribution >= 0.6 is 0 Å². The summed E-state index contributed by atoms with van der Waals surface area (Å²) >= 11 is 0. The highest BCUT2D eigenvalue weighted by Crippen LogP contribution is 2.59. The van der Waals surface area contributed by atoms with Gasteiger partial charge in [0, 0.05) is 18.7 Å². The number of carboxylic acid groups (broad SMARTS) is 1. The minimum Gasteiger partial charge on any atom is -0.494 e. The second-order valence-corrected chi connectivity index (χ2v) is 6.98. The molecule has 1 spiro atoms. The number of amides is 2. The number of carbonyl (C=O) groups is 3. The van der Waals surface area contributed by atoms with E-state index in [1.54, 1.807) is 29.2 Å². The average Bonchev–Trinajstić information content (AvgIpc) is 3.35. The van der Waals surface area contributed by atoms with Gasteiger partial charge in [-0.15, -0.1) is 0 Å². The highest BCUT2D eigenvalue weighted by Gasteiger charge is 2.59. The van der Waals surface area contributed by atoms with Crippen LogP contribution in [-0.4, -0.2) is 54.0 Å². The first-order chi connectivity index (χ1) is 12.4. The molecule has 0 bridgehead atoms. The van der Waals surface area contributed by atoms with Crippen molar-refractivity contribution >= 4 is 17.8 Å². The number of carbonyl (C=O) groups excluding carboxylic acids is 2. The van der Waals surface area contributed by atoms with Gasteiger partial charge in [0.25, 0.3) is 5.91 Å². The van der Waals surface area contributed by atoms with E-state index in [0.717, 1.165) is 19.3 Å². The smallest absolute Gasteiger partial charge is 0.307 e. The lowest BCUT2D eigenvalue weighted by atomic mass is 9.91. The standard InChI is InChI=1S/C19H24N2O5/c1-2-26-14-5-3-13(4-6-14)17(23)20-12-16(22)21-9-7-19(8-10-21)11-15(19)18(24)25/h3-6,15H,2,7-12H2,1H3,(H,20,23)(H,24,25). The summed E-state index contributed by atoms with van der Waals surface area (Å²) in [6.45, 7) is 3.51. The van der Waals surface area contributed by atoms with Gasteiger partial charge in [0.2, 0.25) is 5.91 Å². The van der Waals surface area contributed by atoms with E-state index in [1.165, 1.54) is 0 Å². The molecule has 1 heterocycles. The van der Waals surface area contributed by atoms with Crippen LogP contribution in [0.1, 0.15) is 36.5 Å². The maximum atomic E-state index is 12.3. The zero-order valence-corrected chi connectivity index (χ0v) is 14.9. The van der Waals surface area contributed by atoms with E-state index in [9.17, 15) is 14.4 Å². The van der Waals surface area contributed by atoms with Crippen molar-refractivity contribution in [2.75, 3.05) is 26.2 Å². The van der Waals surface area contributed by atoms with E-state index in [0.29, 0.717) is 31.0 Å². The Kier molecular flexibility index (Phi) is 5.15. The first-order valence-electron chi connectivity index (χ1n) is 8.97. The molecule has 7 nitrogen and oxygen atoms in total. The maximum Gasteiger partial charge on any atom is 0.307 e. The minimum atomic E-state index is -0.729. The van der Waals surface area contributed by atoms with Gasteiger partial charge in [0.05, 0.1) is 19.1 Å². The summed E-state index contributed by atoms with van der Waals surface area (Å²) in [6, 6.07) is 6.76. The predicted octanol–water partition coefficient (Wildman–Crippen LogP) is 1.53. The molecule has 1 aliphatic heterocycles. The molecule has 1 aromatic carbocycles. The Morgan fingerprint density at radius 3 is 2.42 bits per heavy atom. The summed E-state index contributed by atoms with van der Waals surface area (Å²) in [7, 11) is 0. The highest BCUT2D eigenvalue weighted by molar-refractivity contribution is 5.96. The lowest BCUT2D eigenvalue weighted by molar-refractivity contribution is -0.139. The van der Waals surface area contributed by atoms with Gasteiger partial charge < -0.3 is 20.1 Å². The third kappa shape index (κ3) is 3.81. The number of ether oxygens (including phenoxy) is 1. The molecular formula is C19H24N2O5. The number of carboxylic acids is 1. The van der Waals surface area contributed by atoms with Crippen molar-refractivity contribution < 1.29 is 24.2 Å². The molecule has 140 valence electrons. The molecule has 0 radical (unpaired) electrons. The normalized spacial score (nSPS) is 20.5. The van der Waals surface area contributed by atoms with E-state index in [4.69, 9.17) is 9.84 Å². The van der Waals surface area contributed by atoms with E-state index in [-0.39, 0.29) is 29.7 Å². The zero-order valence-electron chi connectivity index (χ0n) is 14.9. The number of hydrogen-bond acceptors (Lipinski definition) is 4. The number of likely N-dealkylation sites (tertiary alicyclic amines) is 1. The number of nitrogens with zero attached hydrogens (tertiary/aromatic N) is 1. The van der Waals surface area contributed by atoms with Crippen LogP contribution in [0.5, 0.6) is 5.75 Å². The summed E-state index contributed by atoms with van der Waals surface area (Å²) in [6.07, 6.45) is 2.17. The predicted molar refractivity (Wildman–Crippen MR) is 93.9 cm³/mol. The van der Waals surface area contributed by atoms with E-state index < -0.39 is 5.97 Å². The zero-order chi connectivity index (χ0) is 18.7. The number of hydrogen-bond donors (Lipinski definition) is 2. The van der Waals surface area contributed by atoms with E-state index in [1.807, 2.05) is 6.92 Å². The summed E-state index contributed by atoms with van der Waals surface area (Å²) in [5.41, 5.74) is 0.370. The number of benzene rings is 1. The summed E-state index contributed by atoms with van der Waals surface area (Å²) < 4.78 is 5.33. The largest absolute Gasteiger partial charge is 0.494 e. The highest BCUT2D eigenvalue weighted by atomic mass is 16.5. The van der Waals surface area contributed by atoms with Gasteiger partial charge in [-0.3, -0.25) is 14.4 Å². The van der Waals surface area contributed by atoms with Crippen LogP contribution in [-0.2, 0) is 9.59 Å². The van der Waals surface area contributed by atoms with Crippen molar-refractivity contribution in [1.82, 2.24) is 10.2 Å². The third-order valence-corrected chi connectivity index (χ3v) is 5.43. The molecule has 1 aliphatic carbocycles. The minimum absolute atomic E-state index is 0.0542. The SMILES string of the molecule is CCOc1ccc(C(=O)NCC(=O)N2CCC3(CC2)CC3C(=O)O)cc1. The molecule has 2 amide bonds. The molecule has 2 fully saturated rings. The molecule has 1 atom stereocenters. The molecule has 1 saturated carbocycles. The monoisotopic (exact) mass is 360 g/mol. The lowest BCUT2D eigenvalue weighted by Gasteiger charge is -2.32. The average molecular weight is 360 g/mol. The first kappa shape index (κ1) is 18.2. The van der Waals surface area contributed by atoms with Crippen LogP contribution < -0.4 is 10.1 Å². The second-order valence-electron chi connectivity index (χ2n) is 6.98. The molecule has 1 aromatic rings. The van der Waals surface area contributed by atoms with Crippen LogP contribution in [0.3, 0.4) is 0 Å². The molecule has 1 unspecified atom stereocenters. The van der Waals surface area contributed by atoms with Gasteiger partial charge >= 0.3 is 5.97 Å². The Labute approximate surface area is 152 Å². The summed E-state index contributed by atoms with van der Waals surface area (Å²) in [4.78, 5) is 37.2. The first-order valence-corrected chi connectivity index (χ1v) is 8.97. The molecule has 26 heavy (non-hydrogen) atoms. The van der Waals surface area contributed by atoms with E-state index in [2.05, 4.69) is 5.32 Å². The van der Waals surface area contributed by atoms with E-state index >= 15 is 0 Å². The third-order valence-electron chi connectivity index (χ3n) is 5.43. The Morgan fingerprint density at radius 2 is 1.88 bits per heavy atom. The van der Waals surface area contributed by atoms with Crippen molar-refractivity contribution in [2.24, 2.45) is 11.3 Å². The van der Waals surface area contributed by atoms with Crippen molar-refractivity contribution in [3.05, 3.63) is 29.8 Å². The Balaban J connectivity index is 1.44. The topological polar surface area (TPSA) is 95.9 Å². The van der Waals surface area contributed by atoms with Gasteiger partial charge in [0.1, 0.15) is 5.75 Å². The van der Waals surface area contributed by atoms with Crippen LogP contribution in [0.25, 0.3) is 0 Å². The number of piperidine rings is 1. The molecule has 2 aliphatic rings. The van der Waals surface area contributed by atoms with Gasteiger partial charge in [-0.05, 0) is 55.9 Å². The van der Waals surface area contributed by atoms with Gasteiger partial charge in [-0.1, -0.05) is 0 Å². The summed E-state index contributed by atoms with van der Waals surface area (Å²) in [5.74, 6) is -0.719. The molecule has 3 rings (SSSR count). The fourth-order valence-corrected chi connectivity index (χ4v) is 3.69. The van der Waals surface area contributed by atoms with Crippen molar-refractivity contribution in [3.63, 3.8) is 0 Å². The Hall–Kier alpha value is -2.57. The van der Waals surface area contributed by atoms with Crippen molar-refractivity contribution in [1.29, 1.82) is 0 Å². The fourth-order valence-electron chi connectivity index (χ4n) is 3.69. The Bertz CT molecular complexity index is 692. The van der Waals surface area contributed by atoms with Crippen molar-refractivity contribution in [2.45, 2.75) is 26.2 Å². The van der Waals surface area contributed by atoms with Crippen molar-refractivity contribution in [3.8, 4) is 5.75 Å². The van der Waals surface area contributed by atoms with Gasteiger partial charge in [-0.25, -0.2) is 0 Å². The molecule has 1 saturated heterocycles. The molecular weight excluding hydrogens is 336 g/mol. The van der Waals surface area contributed by atoms with Gasteiger partial charge in [-0.2, -0.15) is 0 Å². The number of rotatable bonds is 6. The molecule has 0 aromatic heterocycles. The van der Waals surface area contributed by atoms with Crippen LogP contribution in [0.2, 0.25) is 0 Å². The van der Waals surface area contributed by atoms with Crippen LogP contribution in [0.4, 0.5) is 0 Å². The maximum absolute atomic E-state index is 12.3. The lowest BCUT2D eigenvalue weighted by Crippen LogP contribution is -2.44. The quantitative estimate of drug-likeness (QED) is 0.802. The molecule has 2 N–H and O–H groups in total. The number of aliphatic carboxylic acids is 1. The number of nitrogens with one attached hydrogen (secondary N) is 1. The van der Waals surface area contributed by atoms with Crippen LogP contribution in [0, 0.1) is 11.3 Å². The Morgan fingerprint density at radius 1 is 1.23 bits per heavy atom. The second kappa shape index (κ2) is 7.35. The van der Waals surface area contributed by atoms with Gasteiger partial charge in [0.15, 0.2) is 0 Å². The fraction of sp³-hybridized carbons (Fsp3) is 0.526. The molecule has 7 heteroatoms. The van der Waals surface area contributed by atoms with Crippen LogP contribution in [0.15, 0.2) is 24.3 Å².